The second-order valence-corrected chi connectivity index (χ2v) is 5.79. The van der Waals surface area contributed by atoms with Crippen LogP contribution in [0.1, 0.15) is 39.7 Å². The van der Waals surface area contributed by atoms with Gasteiger partial charge in [-0.05, 0) is 38.5 Å². The highest BCUT2D eigenvalue weighted by Crippen LogP contribution is 2.36. The van der Waals surface area contributed by atoms with Crippen molar-refractivity contribution in [2.24, 2.45) is 11.8 Å². The van der Waals surface area contributed by atoms with Gasteiger partial charge in [0.2, 0.25) is 0 Å². The zero-order valence-electron chi connectivity index (χ0n) is 11.1. The molecule has 100 valence electrons. The fourth-order valence-electron chi connectivity index (χ4n) is 2.04. The van der Waals surface area contributed by atoms with Crippen LogP contribution < -0.4 is 10.9 Å². The molecule has 2 rings (SSSR count). The van der Waals surface area contributed by atoms with E-state index in [9.17, 15) is 4.79 Å². The zero-order chi connectivity index (χ0) is 13.3. The number of nitrogens with zero attached hydrogens (tertiary/aromatic N) is 2. The lowest BCUT2D eigenvalue weighted by Crippen LogP contribution is -2.26. The normalized spacial score (nSPS) is 16.9. The summed E-state index contributed by atoms with van der Waals surface area (Å²) in [5, 5.41) is 7.61. The van der Waals surface area contributed by atoms with E-state index in [0.717, 1.165) is 12.5 Å². The van der Waals surface area contributed by atoms with E-state index >= 15 is 0 Å². The minimum absolute atomic E-state index is 0.0226. The zero-order valence-corrected chi connectivity index (χ0v) is 11.9. The molecule has 0 saturated heterocycles. The molecule has 1 N–H and O–H groups in total. The van der Waals surface area contributed by atoms with Gasteiger partial charge in [0.15, 0.2) is 0 Å². The standard InChI is InChI=1S/C13H20ClN3O/c1-8(2)17-13(18)12(14)11(7-16-17)15-6-9(3)10-4-5-10/h7-10,15H,4-6H2,1-3H3. The van der Waals surface area contributed by atoms with Gasteiger partial charge in [-0.1, -0.05) is 18.5 Å². The molecular weight excluding hydrogens is 250 g/mol. The smallest absolute Gasteiger partial charge is 0.287 e. The quantitative estimate of drug-likeness (QED) is 0.894. The second-order valence-electron chi connectivity index (χ2n) is 5.41. The second kappa shape index (κ2) is 5.31. The van der Waals surface area contributed by atoms with E-state index in [0.29, 0.717) is 11.6 Å². The third kappa shape index (κ3) is 2.86. The van der Waals surface area contributed by atoms with Crippen molar-refractivity contribution < 1.29 is 0 Å². The monoisotopic (exact) mass is 269 g/mol. The van der Waals surface area contributed by atoms with Gasteiger partial charge in [-0.3, -0.25) is 4.79 Å². The van der Waals surface area contributed by atoms with E-state index in [4.69, 9.17) is 11.6 Å². The summed E-state index contributed by atoms with van der Waals surface area (Å²) in [5.41, 5.74) is 0.418. The molecule has 0 radical (unpaired) electrons. The van der Waals surface area contributed by atoms with Crippen molar-refractivity contribution in [1.82, 2.24) is 9.78 Å². The molecule has 1 aliphatic carbocycles. The van der Waals surface area contributed by atoms with Gasteiger partial charge in [-0.25, -0.2) is 4.68 Å². The van der Waals surface area contributed by atoms with Crippen molar-refractivity contribution in [3.63, 3.8) is 0 Å². The highest BCUT2D eigenvalue weighted by molar-refractivity contribution is 6.32. The molecule has 18 heavy (non-hydrogen) atoms. The summed E-state index contributed by atoms with van der Waals surface area (Å²) in [7, 11) is 0. The lowest BCUT2D eigenvalue weighted by molar-refractivity contribution is 0.502. The molecule has 1 unspecified atom stereocenters. The maximum atomic E-state index is 12.0. The average molecular weight is 270 g/mol. The largest absolute Gasteiger partial charge is 0.382 e. The molecule has 5 heteroatoms. The third-order valence-corrected chi connectivity index (χ3v) is 3.84. The number of halogens is 1. The summed E-state index contributed by atoms with van der Waals surface area (Å²) in [4.78, 5) is 12.0. The van der Waals surface area contributed by atoms with Gasteiger partial charge in [0.1, 0.15) is 5.02 Å². The average Bonchev–Trinajstić information content (AvgIpc) is 3.14. The molecule has 0 aliphatic heterocycles. The van der Waals surface area contributed by atoms with Crippen LogP contribution >= 0.6 is 11.6 Å². The van der Waals surface area contributed by atoms with Crippen molar-refractivity contribution in [3.8, 4) is 0 Å². The number of hydrogen-bond donors (Lipinski definition) is 1. The summed E-state index contributed by atoms with van der Waals surface area (Å²) >= 11 is 6.09. The first-order valence-electron chi connectivity index (χ1n) is 6.52. The van der Waals surface area contributed by atoms with Gasteiger partial charge in [0.05, 0.1) is 17.9 Å². The Morgan fingerprint density at radius 2 is 2.17 bits per heavy atom. The minimum atomic E-state index is -0.226. The predicted molar refractivity (Wildman–Crippen MR) is 74.3 cm³/mol. The van der Waals surface area contributed by atoms with Gasteiger partial charge in [-0.15, -0.1) is 0 Å². The Labute approximate surface area is 112 Å². The first kappa shape index (κ1) is 13.4. The Hall–Kier alpha value is -1.03. The van der Waals surface area contributed by atoms with Gasteiger partial charge in [0.25, 0.3) is 5.56 Å². The van der Waals surface area contributed by atoms with E-state index in [1.54, 1.807) is 6.20 Å². The molecule has 1 atom stereocenters. The number of rotatable bonds is 5. The maximum absolute atomic E-state index is 12.0. The third-order valence-electron chi connectivity index (χ3n) is 3.47. The Balaban J connectivity index is 2.09. The molecule has 1 aliphatic rings. The fourth-order valence-corrected chi connectivity index (χ4v) is 2.24. The van der Waals surface area contributed by atoms with Crippen molar-refractivity contribution in [1.29, 1.82) is 0 Å². The highest BCUT2D eigenvalue weighted by atomic mass is 35.5. The fraction of sp³-hybridized carbons (Fsp3) is 0.692. The summed E-state index contributed by atoms with van der Waals surface area (Å²) in [6, 6.07) is 0.0226. The van der Waals surface area contributed by atoms with E-state index in [2.05, 4.69) is 17.3 Å². The first-order valence-corrected chi connectivity index (χ1v) is 6.89. The number of anilines is 1. The molecule has 1 heterocycles. The van der Waals surface area contributed by atoms with Crippen molar-refractivity contribution in [2.75, 3.05) is 11.9 Å². The van der Waals surface area contributed by atoms with E-state index < -0.39 is 0 Å². The Morgan fingerprint density at radius 1 is 1.50 bits per heavy atom. The van der Waals surface area contributed by atoms with Crippen LogP contribution in [-0.4, -0.2) is 16.3 Å². The SMILES string of the molecule is CC(CNc1cnn(C(C)C)c(=O)c1Cl)C1CC1. The topological polar surface area (TPSA) is 46.9 Å². The van der Waals surface area contributed by atoms with E-state index in [1.165, 1.54) is 17.5 Å². The molecule has 0 aromatic carbocycles. The van der Waals surface area contributed by atoms with Crippen LogP contribution in [0.2, 0.25) is 5.02 Å². The maximum Gasteiger partial charge on any atom is 0.287 e. The van der Waals surface area contributed by atoms with Crippen LogP contribution in [0.3, 0.4) is 0 Å². The predicted octanol–water partition coefficient (Wildman–Crippen LogP) is 2.94. The summed E-state index contributed by atoms with van der Waals surface area (Å²) < 4.78 is 1.40. The van der Waals surface area contributed by atoms with E-state index in [1.807, 2.05) is 13.8 Å². The van der Waals surface area contributed by atoms with Crippen molar-refractivity contribution >= 4 is 17.3 Å². The Morgan fingerprint density at radius 3 is 2.72 bits per heavy atom. The van der Waals surface area contributed by atoms with Gasteiger partial charge in [0, 0.05) is 6.54 Å². The summed E-state index contributed by atoms with van der Waals surface area (Å²) in [6.07, 6.45) is 4.29. The van der Waals surface area contributed by atoms with Crippen LogP contribution in [0, 0.1) is 11.8 Å². The Bertz CT molecular complexity index is 480. The van der Waals surface area contributed by atoms with E-state index in [-0.39, 0.29) is 16.6 Å². The van der Waals surface area contributed by atoms with Crippen LogP contribution in [0.4, 0.5) is 5.69 Å². The summed E-state index contributed by atoms with van der Waals surface area (Å²) in [6.45, 7) is 6.89. The molecule has 1 saturated carbocycles. The van der Waals surface area contributed by atoms with Gasteiger partial charge >= 0.3 is 0 Å². The van der Waals surface area contributed by atoms with Crippen LogP contribution in [-0.2, 0) is 0 Å². The molecule has 1 aromatic rings. The number of nitrogens with one attached hydrogen (secondary N) is 1. The Kier molecular flexibility index (Phi) is 3.95. The lowest BCUT2D eigenvalue weighted by atomic mass is 10.1. The highest BCUT2D eigenvalue weighted by Gasteiger charge is 2.27. The van der Waals surface area contributed by atoms with Crippen molar-refractivity contribution in [2.45, 2.75) is 39.7 Å². The molecular formula is C13H20ClN3O. The lowest BCUT2D eigenvalue weighted by Gasteiger charge is -2.15. The molecule has 0 amide bonds. The molecule has 1 fully saturated rings. The molecule has 0 bridgehead atoms. The van der Waals surface area contributed by atoms with Crippen LogP contribution in [0.5, 0.6) is 0 Å². The molecule has 0 spiro atoms. The first-order chi connectivity index (χ1) is 8.50. The minimum Gasteiger partial charge on any atom is -0.382 e. The number of aromatic nitrogens is 2. The number of hydrogen-bond acceptors (Lipinski definition) is 3. The molecule has 4 nitrogen and oxygen atoms in total. The van der Waals surface area contributed by atoms with Crippen LogP contribution in [0.25, 0.3) is 0 Å². The molecule has 1 aromatic heterocycles. The van der Waals surface area contributed by atoms with Gasteiger partial charge < -0.3 is 5.32 Å². The van der Waals surface area contributed by atoms with Crippen LogP contribution in [0.15, 0.2) is 11.0 Å². The van der Waals surface area contributed by atoms with Gasteiger partial charge in [-0.2, -0.15) is 5.10 Å². The summed E-state index contributed by atoms with van der Waals surface area (Å²) in [5.74, 6) is 1.45. The van der Waals surface area contributed by atoms with Crippen molar-refractivity contribution in [3.05, 3.63) is 21.6 Å².